The van der Waals surface area contributed by atoms with Gasteiger partial charge < -0.3 is 10.8 Å². The van der Waals surface area contributed by atoms with E-state index in [4.69, 9.17) is 10.3 Å². The largest absolute Gasteiger partial charge is 0.494 e. The van der Waals surface area contributed by atoms with Crippen molar-refractivity contribution in [3.63, 3.8) is 0 Å². The highest BCUT2D eigenvalue weighted by atomic mass is 32.2. The lowest BCUT2D eigenvalue weighted by molar-refractivity contribution is 0.437. The number of aromatic nitrogens is 1. The Morgan fingerprint density at radius 1 is 1.47 bits per heavy atom. The molecule has 17 heavy (non-hydrogen) atoms. The third-order valence-electron chi connectivity index (χ3n) is 2.40. The van der Waals surface area contributed by atoms with Gasteiger partial charge in [-0.1, -0.05) is 0 Å². The van der Waals surface area contributed by atoms with Crippen molar-refractivity contribution < 1.29 is 18.1 Å². The van der Waals surface area contributed by atoms with Crippen LogP contribution in [0.3, 0.4) is 0 Å². The minimum absolute atomic E-state index is 0.127. The number of hydrogen-bond acceptors (Lipinski definition) is 5. The van der Waals surface area contributed by atoms with Crippen LogP contribution in [0.2, 0.25) is 0 Å². The van der Waals surface area contributed by atoms with Crippen LogP contribution in [0.25, 0.3) is 0 Å². The fraction of sp³-hybridized carbons (Fsp3) is 0.444. The van der Waals surface area contributed by atoms with E-state index in [0.717, 1.165) is 0 Å². The summed E-state index contributed by atoms with van der Waals surface area (Å²) in [5.41, 5.74) is 5.23. The lowest BCUT2D eigenvalue weighted by Gasteiger charge is -2.14. The van der Waals surface area contributed by atoms with Crippen LogP contribution in [0.4, 0.5) is 0 Å². The van der Waals surface area contributed by atoms with Crippen molar-refractivity contribution in [2.24, 2.45) is 5.73 Å². The van der Waals surface area contributed by atoms with Crippen molar-refractivity contribution in [3.8, 4) is 5.88 Å². The molecule has 1 aromatic rings. The highest BCUT2D eigenvalue weighted by Gasteiger charge is 2.20. The van der Waals surface area contributed by atoms with Crippen LogP contribution in [0, 0.1) is 6.92 Å². The van der Waals surface area contributed by atoms with Crippen LogP contribution < -0.4 is 11.3 Å². The van der Waals surface area contributed by atoms with Crippen LogP contribution in [0.15, 0.2) is 4.79 Å². The van der Waals surface area contributed by atoms with Crippen LogP contribution in [-0.2, 0) is 15.9 Å². The Balaban J connectivity index is 3.52. The predicted octanol–water partition coefficient (Wildman–Crippen LogP) is -0.204. The molecule has 7 nitrogen and oxygen atoms in total. The zero-order valence-corrected chi connectivity index (χ0v) is 10.2. The second-order valence-corrected chi connectivity index (χ2v) is 5.29. The number of nitrogens with one attached hydrogen (secondary N) is 1. The maximum atomic E-state index is 11.5. The molecule has 1 atom stereocenters. The summed E-state index contributed by atoms with van der Waals surface area (Å²) in [4.78, 5) is 13.6. The first kappa shape index (κ1) is 13.7. The summed E-state index contributed by atoms with van der Waals surface area (Å²) < 4.78 is 30.3. The Morgan fingerprint density at radius 3 is 2.41 bits per heavy atom. The number of aromatic amines is 1. The molecule has 0 amide bonds. The third-order valence-corrected chi connectivity index (χ3v) is 3.05. The van der Waals surface area contributed by atoms with Crippen molar-refractivity contribution in [2.75, 3.05) is 0 Å². The summed E-state index contributed by atoms with van der Waals surface area (Å²) in [6.45, 7) is 3.05. The van der Waals surface area contributed by atoms with Crippen LogP contribution in [0.1, 0.15) is 29.7 Å². The highest BCUT2D eigenvalue weighted by Crippen LogP contribution is 2.24. The monoisotopic (exact) mass is 262 g/mol. The van der Waals surface area contributed by atoms with E-state index in [9.17, 15) is 18.3 Å². The molecular formula is C9H14N2O5S. The Kier molecular flexibility index (Phi) is 3.60. The summed E-state index contributed by atoms with van der Waals surface area (Å²) in [5.74, 6) is -1.20. The molecule has 1 unspecified atom stereocenters. The van der Waals surface area contributed by atoms with E-state index in [1.165, 1.54) is 6.92 Å². The smallest absolute Gasteiger partial charge is 0.269 e. The standard InChI is InChI=1S/C9H14N2O5S/c1-4-6(3-17(14,15)16)8(12)11-9(13)7(4)5(2)10/h5H,3,10H2,1-2H3,(H2,11,12,13)(H,14,15,16). The fourth-order valence-corrected chi connectivity index (χ4v) is 2.39. The summed E-state index contributed by atoms with van der Waals surface area (Å²) in [7, 11) is -4.32. The summed E-state index contributed by atoms with van der Waals surface area (Å²) in [5, 5.41) is 9.52. The third kappa shape index (κ3) is 3.05. The number of rotatable bonds is 3. The molecule has 1 aromatic heterocycles. The van der Waals surface area contributed by atoms with E-state index in [1.807, 2.05) is 0 Å². The summed E-state index contributed by atoms with van der Waals surface area (Å²) >= 11 is 0. The van der Waals surface area contributed by atoms with Crippen molar-refractivity contribution in [1.82, 2.24) is 4.98 Å². The lowest BCUT2D eigenvalue weighted by atomic mass is 10.0. The number of pyridine rings is 1. The van der Waals surface area contributed by atoms with E-state index in [0.29, 0.717) is 0 Å². The molecular weight excluding hydrogens is 248 g/mol. The van der Waals surface area contributed by atoms with Gasteiger partial charge >= 0.3 is 0 Å². The number of hydrogen-bond donors (Lipinski definition) is 4. The molecule has 0 aliphatic rings. The van der Waals surface area contributed by atoms with E-state index in [2.05, 4.69) is 4.98 Å². The van der Waals surface area contributed by atoms with Crippen molar-refractivity contribution in [2.45, 2.75) is 25.6 Å². The Hall–Kier alpha value is -1.38. The summed E-state index contributed by atoms with van der Waals surface area (Å²) in [6.07, 6.45) is 0. The number of H-pyrrole nitrogens is 1. The molecule has 0 saturated carbocycles. The highest BCUT2D eigenvalue weighted by molar-refractivity contribution is 7.85. The maximum absolute atomic E-state index is 11.5. The zero-order valence-electron chi connectivity index (χ0n) is 9.39. The molecule has 0 saturated heterocycles. The minimum atomic E-state index is -4.32. The van der Waals surface area contributed by atoms with E-state index < -0.39 is 27.5 Å². The Morgan fingerprint density at radius 2 is 2.00 bits per heavy atom. The molecule has 0 aliphatic heterocycles. The number of nitrogens with two attached hydrogens (primary N) is 1. The van der Waals surface area contributed by atoms with E-state index in [-0.39, 0.29) is 22.6 Å². The molecule has 0 bridgehead atoms. The molecule has 0 fully saturated rings. The predicted molar refractivity (Wildman–Crippen MR) is 61.3 cm³/mol. The van der Waals surface area contributed by atoms with Gasteiger partial charge in [-0.05, 0) is 19.4 Å². The zero-order chi connectivity index (χ0) is 13.4. The first-order chi connectivity index (χ1) is 7.63. The van der Waals surface area contributed by atoms with Crippen molar-refractivity contribution >= 4 is 10.1 Å². The van der Waals surface area contributed by atoms with Crippen LogP contribution in [-0.4, -0.2) is 23.1 Å². The van der Waals surface area contributed by atoms with Gasteiger partial charge in [-0.3, -0.25) is 14.3 Å². The van der Waals surface area contributed by atoms with Gasteiger partial charge in [0.1, 0.15) is 5.75 Å². The molecule has 0 aliphatic carbocycles. The average molecular weight is 262 g/mol. The average Bonchev–Trinajstić information content (AvgIpc) is 2.09. The molecule has 5 N–H and O–H groups in total. The number of aromatic hydroxyl groups is 1. The van der Waals surface area contributed by atoms with E-state index in [1.54, 1.807) is 6.92 Å². The van der Waals surface area contributed by atoms with Gasteiger partial charge in [0.15, 0.2) is 5.88 Å². The maximum Gasteiger partial charge on any atom is 0.269 e. The minimum Gasteiger partial charge on any atom is -0.494 e. The van der Waals surface area contributed by atoms with Gasteiger partial charge in [0.05, 0.1) is 0 Å². The van der Waals surface area contributed by atoms with Gasteiger partial charge in [-0.25, -0.2) is 0 Å². The first-order valence-electron chi connectivity index (χ1n) is 4.79. The molecule has 1 rings (SSSR count). The fourth-order valence-electron chi connectivity index (χ4n) is 1.67. The van der Waals surface area contributed by atoms with Crippen LogP contribution >= 0.6 is 0 Å². The second-order valence-electron chi connectivity index (χ2n) is 3.83. The van der Waals surface area contributed by atoms with Gasteiger partial charge in [0.2, 0.25) is 0 Å². The molecule has 0 aromatic carbocycles. The van der Waals surface area contributed by atoms with Crippen molar-refractivity contribution in [3.05, 3.63) is 27.0 Å². The Labute approximate surface area is 98.0 Å². The second kappa shape index (κ2) is 4.47. The van der Waals surface area contributed by atoms with Gasteiger partial charge in [0, 0.05) is 17.2 Å². The molecule has 1 heterocycles. The Bertz CT molecular complexity index is 588. The van der Waals surface area contributed by atoms with Crippen LogP contribution in [0.5, 0.6) is 5.88 Å². The molecule has 96 valence electrons. The van der Waals surface area contributed by atoms with Gasteiger partial charge in [0.25, 0.3) is 15.7 Å². The van der Waals surface area contributed by atoms with E-state index >= 15 is 0 Å². The summed E-state index contributed by atoms with van der Waals surface area (Å²) in [6, 6.07) is -0.577. The van der Waals surface area contributed by atoms with Crippen molar-refractivity contribution in [1.29, 1.82) is 0 Å². The molecule has 0 radical (unpaired) electrons. The molecule has 8 heteroatoms. The first-order valence-corrected chi connectivity index (χ1v) is 6.39. The topological polar surface area (TPSA) is 133 Å². The molecule has 0 spiro atoms. The normalized spacial score (nSPS) is 13.6. The van der Waals surface area contributed by atoms with Gasteiger partial charge in [-0.15, -0.1) is 0 Å². The lowest BCUT2D eigenvalue weighted by Crippen LogP contribution is -2.21. The SMILES string of the molecule is Cc1c(C(C)N)c(O)[nH]c(=O)c1CS(=O)(=O)O. The quantitative estimate of drug-likeness (QED) is 0.557. The van der Waals surface area contributed by atoms with Gasteiger partial charge in [-0.2, -0.15) is 8.42 Å².